The van der Waals surface area contributed by atoms with Gasteiger partial charge in [0.2, 0.25) is 0 Å². The number of benzene rings is 1. The molecule has 0 bridgehead atoms. The zero-order chi connectivity index (χ0) is 13.7. The van der Waals surface area contributed by atoms with E-state index in [1.807, 2.05) is 25.5 Å². The Kier molecular flexibility index (Phi) is 4.44. The van der Waals surface area contributed by atoms with Gasteiger partial charge in [-0.25, -0.2) is 4.98 Å². The van der Waals surface area contributed by atoms with E-state index < -0.39 is 0 Å². The SMILES string of the molecule is CCOc1ccc(NCc2cncn2CC)c(C)c1. The second-order valence-electron chi connectivity index (χ2n) is 4.43. The van der Waals surface area contributed by atoms with Crippen LogP contribution in [0.1, 0.15) is 25.1 Å². The summed E-state index contributed by atoms with van der Waals surface area (Å²) in [7, 11) is 0. The lowest BCUT2D eigenvalue weighted by atomic mass is 10.2. The molecule has 1 aromatic heterocycles. The second-order valence-corrected chi connectivity index (χ2v) is 4.43. The summed E-state index contributed by atoms with van der Waals surface area (Å²) in [6.45, 7) is 8.62. The monoisotopic (exact) mass is 259 g/mol. The van der Waals surface area contributed by atoms with Gasteiger partial charge < -0.3 is 14.6 Å². The fraction of sp³-hybridized carbons (Fsp3) is 0.400. The minimum atomic E-state index is 0.696. The highest BCUT2D eigenvalue weighted by Crippen LogP contribution is 2.21. The van der Waals surface area contributed by atoms with E-state index in [1.54, 1.807) is 0 Å². The molecule has 0 fully saturated rings. The Hall–Kier alpha value is -1.97. The van der Waals surface area contributed by atoms with Gasteiger partial charge in [-0.3, -0.25) is 0 Å². The maximum absolute atomic E-state index is 5.49. The van der Waals surface area contributed by atoms with E-state index in [0.29, 0.717) is 6.61 Å². The van der Waals surface area contributed by atoms with Gasteiger partial charge in [-0.15, -0.1) is 0 Å². The number of imidazole rings is 1. The van der Waals surface area contributed by atoms with Crippen molar-refractivity contribution in [2.75, 3.05) is 11.9 Å². The van der Waals surface area contributed by atoms with Gasteiger partial charge in [-0.1, -0.05) is 0 Å². The fourth-order valence-electron chi connectivity index (χ4n) is 2.06. The number of nitrogens with zero attached hydrogens (tertiary/aromatic N) is 2. The summed E-state index contributed by atoms with van der Waals surface area (Å²) in [5.74, 6) is 0.921. The van der Waals surface area contributed by atoms with Gasteiger partial charge in [0, 0.05) is 18.4 Å². The second kappa shape index (κ2) is 6.27. The van der Waals surface area contributed by atoms with Crippen LogP contribution in [-0.4, -0.2) is 16.2 Å². The Balaban J connectivity index is 2.03. The lowest BCUT2D eigenvalue weighted by Gasteiger charge is -2.12. The van der Waals surface area contributed by atoms with Gasteiger partial charge in [-0.2, -0.15) is 0 Å². The van der Waals surface area contributed by atoms with Crippen molar-refractivity contribution in [3.8, 4) is 5.75 Å². The van der Waals surface area contributed by atoms with Crippen LogP contribution in [0.2, 0.25) is 0 Å². The van der Waals surface area contributed by atoms with E-state index in [0.717, 1.165) is 24.5 Å². The van der Waals surface area contributed by atoms with Crippen LogP contribution in [0, 0.1) is 6.92 Å². The first-order valence-corrected chi connectivity index (χ1v) is 6.71. The van der Waals surface area contributed by atoms with Crippen LogP contribution >= 0.6 is 0 Å². The molecule has 1 aromatic carbocycles. The van der Waals surface area contributed by atoms with Crippen molar-refractivity contribution < 1.29 is 4.74 Å². The average molecular weight is 259 g/mol. The zero-order valence-electron chi connectivity index (χ0n) is 11.8. The third-order valence-electron chi connectivity index (χ3n) is 3.11. The molecule has 0 atom stereocenters. The average Bonchev–Trinajstić information content (AvgIpc) is 2.85. The molecule has 4 heteroatoms. The summed E-state index contributed by atoms with van der Waals surface area (Å²) in [5.41, 5.74) is 3.51. The Morgan fingerprint density at radius 1 is 1.32 bits per heavy atom. The number of ether oxygens (including phenoxy) is 1. The standard InChI is InChI=1S/C15H21N3O/c1-4-18-11-16-9-13(18)10-17-15-7-6-14(19-5-2)8-12(15)3/h6-9,11,17H,4-5,10H2,1-3H3. The van der Waals surface area contributed by atoms with Crippen molar-refractivity contribution in [1.29, 1.82) is 0 Å². The van der Waals surface area contributed by atoms with Gasteiger partial charge in [0.1, 0.15) is 5.75 Å². The molecule has 0 aliphatic heterocycles. The minimum Gasteiger partial charge on any atom is -0.494 e. The number of aromatic nitrogens is 2. The van der Waals surface area contributed by atoms with E-state index in [9.17, 15) is 0 Å². The Morgan fingerprint density at radius 2 is 2.16 bits per heavy atom. The molecule has 2 aromatic rings. The van der Waals surface area contributed by atoms with Crippen LogP contribution in [0.15, 0.2) is 30.7 Å². The van der Waals surface area contributed by atoms with E-state index in [1.165, 1.54) is 11.3 Å². The predicted octanol–water partition coefficient (Wildman–Crippen LogP) is 3.22. The predicted molar refractivity (Wildman–Crippen MR) is 77.6 cm³/mol. The van der Waals surface area contributed by atoms with Gasteiger partial charge >= 0.3 is 0 Å². The van der Waals surface area contributed by atoms with E-state index in [2.05, 4.69) is 40.8 Å². The molecule has 19 heavy (non-hydrogen) atoms. The van der Waals surface area contributed by atoms with Crippen LogP contribution in [0.25, 0.3) is 0 Å². The van der Waals surface area contributed by atoms with E-state index >= 15 is 0 Å². The lowest BCUT2D eigenvalue weighted by Crippen LogP contribution is -2.06. The first kappa shape index (κ1) is 13.5. The van der Waals surface area contributed by atoms with Gasteiger partial charge in [0.15, 0.2) is 0 Å². The smallest absolute Gasteiger partial charge is 0.119 e. The molecular formula is C15H21N3O. The number of aryl methyl sites for hydroxylation is 2. The van der Waals surface area contributed by atoms with Crippen LogP contribution in [0.5, 0.6) is 5.75 Å². The molecule has 0 saturated heterocycles. The summed E-state index contributed by atoms with van der Waals surface area (Å²) in [6.07, 6.45) is 3.77. The highest BCUT2D eigenvalue weighted by atomic mass is 16.5. The van der Waals surface area contributed by atoms with E-state index in [-0.39, 0.29) is 0 Å². The Bertz CT molecular complexity index is 534. The zero-order valence-corrected chi connectivity index (χ0v) is 11.8. The maximum Gasteiger partial charge on any atom is 0.119 e. The quantitative estimate of drug-likeness (QED) is 0.865. The molecule has 0 unspecified atom stereocenters. The van der Waals surface area contributed by atoms with Crippen LogP contribution in [-0.2, 0) is 13.1 Å². The van der Waals surface area contributed by atoms with Crippen molar-refractivity contribution in [1.82, 2.24) is 9.55 Å². The molecule has 4 nitrogen and oxygen atoms in total. The third-order valence-corrected chi connectivity index (χ3v) is 3.11. The van der Waals surface area contributed by atoms with E-state index in [4.69, 9.17) is 4.74 Å². The Labute approximate surface area is 114 Å². The topological polar surface area (TPSA) is 39.1 Å². The normalized spacial score (nSPS) is 10.5. The molecular weight excluding hydrogens is 238 g/mol. The Morgan fingerprint density at radius 3 is 2.84 bits per heavy atom. The number of nitrogens with one attached hydrogen (secondary N) is 1. The number of anilines is 1. The first-order valence-electron chi connectivity index (χ1n) is 6.71. The minimum absolute atomic E-state index is 0.696. The molecule has 0 saturated carbocycles. The van der Waals surface area contributed by atoms with Crippen LogP contribution in [0.3, 0.4) is 0 Å². The molecule has 0 aliphatic carbocycles. The fourth-order valence-corrected chi connectivity index (χ4v) is 2.06. The number of hydrogen-bond donors (Lipinski definition) is 1. The van der Waals surface area contributed by atoms with Crippen molar-refractivity contribution in [2.24, 2.45) is 0 Å². The van der Waals surface area contributed by atoms with Gasteiger partial charge in [0.25, 0.3) is 0 Å². The van der Waals surface area contributed by atoms with Crippen molar-refractivity contribution in [3.05, 3.63) is 42.0 Å². The maximum atomic E-state index is 5.49. The van der Waals surface area contributed by atoms with Gasteiger partial charge in [0.05, 0.1) is 25.2 Å². The summed E-state index contributed by atoms with van der Waals surface area (Å²) < 4.78 is 7.62. The third kappa shape index (κ3) is 3.28. The number of rotatable bonds is 6. The lowest BCUT2D eigenvalue weighted by molar-refractivity contribution is 0.340. The molecule has 0 amide bonds. The van der Waals surface area contributed by atoms with Crippen molar-refractivity contribution >= 4 is 5.69 Å². The van der Waals surface area contributed by atoms with Crippen molar-refractivity contribution in [3.63, 3.8) is 0 Å². The highest BCUT2D eigenvalue weighted by Gasteiger charge is 2.03. The van der Waals surface area contributed by atoms with Crippen molar-refractivity contribution in [2.45, 2.75) is 33.9 Å². The van der Waals surface area contributed by atoms with Gasteiger partial charge in [-0.05, 0) is 44.5 Å². The molecule has 1 N–H and O–H groups in total. The largest absolute Gasteiger partial charge is 0.494 e. The first-order chi connectivity index (χ1) is 9.24. The molecule has 2 rings (SSSR count). The highest BCUT2D eigenvalue weighted by molar-refractivity contribution is 5.53. The summed E-state index contributed by atoms with van der Waals surface area (Å²) >= 11 is 0. The van der Waals surface area contributed by atoms with Crippen LogP contribution < -0.4 is 10.1 Å². The molecule has 1 heterocycles. The van der Waals surface area contributed by atoms with Crippen LogP contribution in [0.4, 0.5) is 5.69 Å². The summed E-state index contributed by atoms with van der Waals surface area (Å²) in [4.78, 5) is 4.17. The summed E-state index contributed by atoms with van der Waals surface area (Å²) in [5, 5.41) is 3.44. The molecule has 0 radical (unpaired) electrons. The molecule has 0 spiro atoms. The molecule has 102 valence electrons. The summed E-state index contributed by atoms with van der Waals surface area (Å²) in [6, 6.07) is 6.12. The molecule has 0 aliphatic rings. The number of hydrogen-bond acceptors (Lipinski definition) is 3.